The molecule has 0 aliphatic heterocycles. The summed E-state index contributed by atoms with van der Waals surface area (Å²) in [7, 11) is 0. The average molecular weight is 226 g/mol. The van der Waals surface area contributed by atoms with Crippen molar-refractivity contribution in [1.29, 1.82) is 0 Å². The van der Waals surface area contributed by atoms with E-state index in [1.54, 1.807) is 6.92 Å². The van der Waals surface area contributed by atoms with Crippen molar-refractivity contribution in [2.45, 2.75) is 33.2 Å². The molecule has 1 aromatic heterocycles. The van der Waals surface area contributed by atoms with E-state index in [0.717, 1.165) is 6.42 Å². The molecule has 0 radical (unpaired) electrons. The van der Waals surface area contributed by atoms with Gasteiger partial charge in [0.2, 0.25) is 5.76 Å². The molecule has 0 aromatic carbocycles. The highest BCUT2D eigenvalue weighted by atomic mass is 16.5. The Morgan fingerprint density at radius 1 is 1.62 bits per heavy atom. The Morgan fingerprint density at radius 3 is 2.75 bits per heavy atom. The first-order valence-corrected chi connectivity index (χ1v) is 5.37. The number of nitrogens with zero attached hydrogens (tertiary/aromatic N) is 1. The topological polar surface area (TPSA) is 75.4 Å². The highest BCUT2D eigenvalue weighted by Gasteiger charge is 2.18. The van der Waals surface area contributed by atoms with Crippen molar-refractivity contribution in [3.05, 3.63) is 17.5 Å². The summed E-state index contributed by atoms with van der Waals surface area (Å²) in [5.74, 6) is 0.296. The number of aliphatic hydroxyl groups is 1. The van der Waals surface area contributed by atoms with E-state index in [1.165, 1.54) is 6.20 Å². The zero-order chi connectivity index (χ0) is 12.1. The molecule has 0 bridgehead atoms. The van der Waals surface area contributed by atoms with Crippen LogP contribution in [0.15, 0.2) is 10.7 Å². The van der Waals surface area contributed by atoms with Crippen molar-refractivity contribution < 1.29 is 14.4 Å². The number of carbonyl (C=O) groups is 1. The lowest BCUT2D eigenvalue weighted by Gasteiger charge is -2.17. The highest BCUT2D eigenvalue weighted by molar-refractivity contribution is 5.92. The molecule has 1 amide bonds. The van der Waals surface area contributed by atoms with Crippen LogP contribution in [0.25, 0.3) is 0 Å². The van der Waals surface area contributed by atoms with Gasteiger partial charge in [-0.25, -0.2) is 0 Å². The molecule has 0 fully saturated rings. The minimum absolute atomic E-state index is 0.0723. The number of aryl methyl sites for hydroxylation is 1. The molecular weight excluding hydrogens is 208 g/mol. The molecule has 0 saturated carbocycles. The van der Waals surface area contributed by atoms with Crippen LogP contribution in [0.3, 0.4) is 0 Å². The van der Waals surface area contributed by atoms with Crippen LogP contribution in [0.2, 0.25) is 0 Å². The second-order valence-corrected chi connectivity index (χ2v) is 4.32. The van der Waals surface area contributed by atoms with Crippen LogP contribution in [0.5, 0.6) is 0 Å². The molecular formula is C11H18N2O3. The van der Waals surface area contributed by atoms with Crippen LogP contribution in [-0.2, 0) is 0 Å². The SMILES string of the molecule is Cc1cnoc1C(=O)NC(CO)CC(C)C. The van der Waals surface area contributed by atoms with Gasteiger partial charge in [-0.3, -0.25) is 4.79 Å². The number of hydrogen-bond acceptors (Lipinski definition) is 4. The second kappa shape index (κ2) is 5.65. The summed E-state index contributed by atoms with van der Waals surface area (Å²) in [5, 5.41) is 15.4. The lowest BCUT2D eigenvalue weighted by atomic mass is 10.0. The fourth-order valence-electron chi connectivity index (χ4n) is 1.51. The molecule has 1 atom stereocenters. The van der Waals surface area contributed by atoms with Crippen LogP contribution < -0.4 is 5.32 Å². The van der Waals surface area contributed by atoms with Gasteiger partial charge in [0.05, 0.1) is 18.8 Å². The molecule has 1 aromatic rings. The molecule has 16 heavy (non-hydrogen) atoms. The zero-order valence-electron chi connectivity index (χ0n) is 9.86. The average Bonchev–Trinajstić information content (AvgIpc) is 2.62. The molecule has 90 valence electrons. The Balaban J connectivity index is 2.59. The molecule has 0 aliphatic rings. The van der Waals surface area contributed by atoms with Crippen molar-refractivity contribution in [3.8, 4) is 0 Å². The zero-order valence-corrected chi connectivity index (χ0v) is 9.86. The van der Waals surface area contributed by atoms with Gasteiger partial charge in [0, 0.05) is 5.56 Å². The third-order valence-corrected chi connectivity index (χ3v) is 2.27. The molecule has 0 aliphatic carbocycles. The lowest BCUT2D eigenvalue weighted by molar-refractivity contribution is 0.0870. The van der Waals surface area contributed by atoms with Crippen LogP contribution >= 0.6 is 0 Å². The van der Waals surface area contributed by atoms with Gasteiger partial charge in [0.25, 0.3) is 5.91 Å². The van der Waals surface area contributed by atoms with E-state index in [-0.39, 0.29) is 24.3 Å². The summed E-state index contributed by atoms with van der Waals surface area (Å²) in [4.78, 5) is 11.7. The van der Waals surface area contributed by atoms with E-state index in [9.17, 15) is 4.79 Å². The van der Waals surface area contributed by atoms with Gasteiger partial charge in [0.1, 0.15) is 0 Å². The molecule has 5 heteroatoms. The number of hydrogen-bond donors (Lipinski definition) is 2. The maximum absolute atomic E-state index is 11.7. The van der Waals surface area contributed by atoms with Gasteiger partial charge in [0.15, 0.2) is 0 Å². The minimum Gasteiger partial charge on any atom is -0.394 e. The van der Waals surface area contributed by atoms with Gasteiger partial charge in [-0.1, -0.05) is 19.0 Å². The lowest BCUT2D eigenvalue weighted by Crippen LogP contribution is -2.38. The van der Waals surface area contributed by atoms with Gasteiger partial charge in [-0.2, -0.15) is 0 Å². The molecule has 0 spiro atoms. The first-order chi connectivity index (χ1) is 7.54. The summed E-state index contributed by atoms with van der Waals surface area (Å²) in [5.41, 5.74) is 0.693. The number of carbonyl (C=O) groups excluding carboxylic acids is 1. The summed E-state index contributed by atoms with van der Waals surface area (Å²) < 4.78 is 4.83. The number of rotatable bonds is 5. The van der Waals surface area contributed by atoms with Gasteiger partial charge in [-0.05, 0) is 19.3 Å². The van der Waals surface area contributed by atoms with Crippen molar-refractivity contribution in [1.82, 2.24) is 10.5 Å². The smallest absolute Gasteiger partial charge is 0.290 e. The van der Waals surface area contributed by atoms with Crippen molar-refractivity contribution in [2.24, 2.45) is 5.92 Å². The first kappa shape index (κ1) is 12.7. The van der Waals surface area contributed by atoms with Crippen LogP contribution in [0.1, 0.15) is 36.4 Å². The van der Waals surface area contributed by atoms with Crippen molar-refractivity contribution >= 4 is 5.91 Å². The van der Waals surface area contributed by atoms with E-state index in [1.807, 2.05) is 13.8 Å². The summed E-state index contributed by atoms with van der Waals surface area (Å²) in [6.07, 6.45) is 2.22. The van der Waals surface area contributed by atoms with Gasteiger partial charge in [-0.15, -0.1) is 0 Å². The molecule has 1 rings (SSSR count). The Kier molecular flexibility index (Phi) is 4.49. The largest absolute Gasteiger partial charge is 0.394 e. The maximum atomic E-state index is 11.7. The monoisotopic (exact) mass is 226 g/mol. The second-order valence-electron chi connectivity index (χ2n) is 4.32. The third-order valence-electron chi connectivity index (χ3n) is 2.27. The van der Waals surface area contributed by atoms with E-state index in [2.05, 4.69) is 10.5 Å². The fraction of sp³-hybridized carbons (Fsp3) is 0.636. The van der Waals surface area contributed by atoms with E-state index in [0.29, 0.717) is 11.5 Å². The van der Waals surface area contributed by atoms with E-state index in [4.69, 9.17) is 9.63 Å². The van der Waals surface area contributed by atoms with Crippen LogP contribution in [0, 0.1) is 12.8 Å². The minimum atomic E-state index is -0.324. The number of amides is 1. The predicted octanol–water partition coefficient (Wildman–Crippen LogP) is 1.12. The standard InChI is InChI=1S/C11H18N2O3/c1-7(2)4-9(6-14)13-11(15)10-8(3)5-12-16-10/h5,7,9,14H,4,6H2,1-3H3,(H,13,15). The van der Waals surface area contributed by atoms with E-state index < -0.39 is 0 Å². The third kappa shape index (κ3) is 3.34. The maximum Gasteiger partial charge on any atom is 0.290 e. The van der Waals surface area contributed by atoms with Gasteiger partial charge >= 0.3 is 0 Å². The fourth-order valence-corrected chi connectivity index (χ4v) is 1.51. The van der Waals surface area contributed by atoms with Gasteiger partial charge < -0.3 is 14.9 Å². The molecule has 1 heterocycles. The molecule has 0 saturated heterocycles. The van der Waals surface area contributed by atoms with Crippen molar-refractivity contribution in [2.75, 3.05) is 6.61 Å². The van der Waals surface area contributed by atoms with Crippen LogP contribution in [-0.4, -0.2) is 28.8 Å². The van der Waals surface area contributed by atoms with Crippen molar-refractivity contribution in [3.63, 3.8) is 0 Å². The molecule has 5 nitrogen and oxygen atoms in total. The summed E-state index contributed by atoms with van der Waals surface area (Å²) >= 11 is 0. The summed E-state index contributed by atoms with van der Waals surface area (Å²) in [6.45, 7) is 5.75. The Morgan fingerprint density at radius 2 is 2.31 bits per heavy atom. The quantitative estimate of drug-likeness (QED) is 0.789. The van der Waals surface area contributed by atoms with Crippen LogP contribution in [0.4, 0.5) is 0 Å². The molecule has 2 N–H and O–H groups in total. The Labute approximate surface area is 94.8 Å². The Hall–Kier alpha value is -1.36. The number of nitrogens with one attached hydrogen (secondary N) is 1. The normalized spacial score (nSPS) is 12.8. The number of aromatic nitrogens is 1. The van der Waals surface area contributed by atoms with E-state index >= 15 is 0 Å². The summed E-state index contributed by atoms with van der Waals surface area (Å²) in [6, 6.07) is -0.239. The first-order valence-electron chi connectivity index (χ1n) is 5.37. The highest BCUT2D eigenvalue weighted by Crippen LogP contribution is 2.08. The Bertz CT molecular complexity index is 347. The number of aliphatic hydroxyl groups excluding tert-OH is 1. The predicted molar refractivity (Wildman–Crippen MR) is 59.0 cm³/mol. The molecule has 1 unspecified atom stereocenters.